The first-order chi connectivity index (χ1) is 8.08. The Hall–Kier alpha value is -2.11. The van der Waals surface area contributed by atoms with Crippen LogP contribution in [0.3, 0.4) is 0 Å². The molecule has 90 valence electrons. The summed E-state index contributed by atoms with van der Waals surface area (Å²) in [6.07, 6.45) is 5.16. The number of nitrogens with zero attached hydrogens (tertiary/aromatic N) is 3. The van der Waals surface area contributed by atoms with E-state index in [-0.39, 0.29) is 11.2 Å². The fourth-order valence-corrected chi connectivity index (χ4v) is 1.64. The van der Waals surface area contributed by atoms with Crippen molar-refractivity contribution in [1.82, 2.24) is 19.1 Å². The van der Waals surface area contributed by atoms with Crippen molar-refractivity contribution in [3.05, 3.63) is 50.8 Å². The number of H-pyrrole nitrogens is 1. The average molecular weight is 234 g/mol. The Bertz CT molecular complexity index is 635. The first-order valence-corrected chi connectivity index (χ1v) is 5.36. The van der Waals surface area contributed by atoms with Crippen LogP contribution in [0.15, 0.2) is 28.2 Å². The smallest absolute Gasteiger partial charge is 0.328 e. The summed E-state index contributed by atoms with van der Waals surface area (Å²) in [4.78, 5) is 29.1. The first kappa shape index (κ1) is 11.4. The lowest BCUT2D eigenvalue weighted by Gasteiger charge is -2.07. The molecule has 0 aromatic carbocycles. The highest BCUT2D eigenvalue weighted by Gasteiger charge is 2.02. The fraction of sp³-hybridized carbons (Fsp3) is 0.364. The molecular formula is C11H14N4O2. The van der Waals surface area contributed by atoms with Crippen molar-refractivity contribution in [2.24, 2.45) is 0 Å². The molecule has 2 heterocycles. The van der Waals surface area contributed by atoms with Crippen molar-refractivity contribution in [2.75, 3.05) is 0 Å². The molecule has 0 atom stereocenters. The van der Waals surface area contributed by atoms with Crippen LogP contribution < -0.4 is 11.2 Å². The van der Waals surface area contributed by atoms with E-state index >= 15 is 0 Å². The van der Waals surface area contributed by atoms with Crippen LogP contribution in [0.4, 0.5) is 0 Å². The molecule has 1 N–H and O–H groups in total. The monoisotopic (exact) mass is 234 g/mol. The van der Waals surface area contributed by atoms with E-state index in [2.05, 4.69) is 9.97 Å². The third kappa shape index (κ3) is 2.35. The molecule has 2 rings (SSSR count). The van der Waals surface area contributed by atoms with Crippen LogP contribution >= 0.6 is 0 Å². The number of rotatable bonds is 3. The van der Waals surface area contributed by atoms with Crippen LogP contribution in [-0.2, 0) is 13.1 Å². The minimum absolute atomic E-state index is 0.329. The molecule has 0 radical (unpaired) electrons. The number of nitrogens with one attached hydrogen (secondary N) is 1. The van der Waals surface area contributed by atoms with Gasteiger partial charge in [0.2, 0.25) is 0 Å². The first-order valence-electron chi connectivity index (χ1n) is 5.36. The zero-order valence-corrected chi connectivity index (χ0v) is 9.80. The third-order valence-corrected chi connectivity index (χ3v) is 2.69. The Morgan fingerprint density at radius 1 is 1.24 bits per heavy atom. The van der Waals surface area contributed by atoms with E-state index in [9.17, 15) is 9.59 Å². The van der Waals surface area contributed by atoms with Crippen LogP contribution in [0, 0.1) is 13.8 Å². The van der Waals surface area contributed by atoms with Gasteiger partial charge >= 0.3 is 5.69 Å². The molecule has 0 aliphatic carbocycles. The molecule has 0 saturated carbocycles. The van der Waals surface area contributed by atoms with Crippen molar-refractivity contribution in [3.8, 4) is 0 Å². The van der Waals surface area contributed by atoms with E-state index in [4.69, 9.17) is 0 Å². The lowest BCUT2D eigenvalue weighted by molar-refractivity contribution is 0.543. The Balaban J connectivity index is 2.20. The molecule has 0 aliphatic heterocycles. The SMILES string of the molecule is Cc1cn(CCn2ccnc2C)c(=O)[nH]c1=O. The standard InChI is InChI=1S/C11H14N4O2/c1-8-7-15(11(17)13-10(8)16)6-5-14-4-3-12-9(14)2/h3-4,7H,5-6H2,1-2H3,(H,13,16,17). The zero-order chi connectivity index (χ0) is 12.4. The molecule has 0 bridgehead atoms. The van der Waals surface area contributed by atoms with Crippen molar-refractivity contribution in [3.63, 3.8) is 0 Å². The summed E-state index contributed by atoms with van der Waals surface area (Å²) in [5.41, 5.74) is -0.171. The second kappa shape index (κ2) is 4.40. The van der Waals surface area contributed by atoms with Gasteiger partial charge in [0.05, 0.1) is 0 Å². The van der Waals surface area contributed by atoms with Gasteiger partial charge in [-0.15, -0.1) is 0 Å². The van der Waals surface area contributed by atoms with Crippen LogP contribution in [0.1, 0.15) is 11.4 Å². The number of aromatic nitrogens is 4. The molecule has 0 spiro atoms. The minimum atomic E-state index is -0.377. The van der Waals surface area contributed by atoms with Gasteiger partial charge in [-0.25, -0.2) is 9.78 Å². The number of aryl methyl sites for hydroxylation is 4. The molecule has 2 aromatic heterocycles. The number of hydrogen-bond donors (Lipinski definition) is 1. The van der Waals surface area contributed by atoms with Gasteiger partial charge in [0.15, 0.2) is 0 Å². The summed E-state index contributed by atoms with van der Waals surface area (Å²) < 4.78 is 3.45. The highest BCUT2D eigenvalue weighted by molar-refractivity contribution is 5.00. The van der Waals surface area contributed by atoms with Gasteiger partial charge in [-0.1, -0.05) is 0 Å². The summed E-state index contributed by atoms with van der Waals surface area (Å²) in [5, 5.41) is 0. The molecule has 17 heavy (non-hydrogen) atoms. The molecule has 6 heteroatoms. The van der Waals surface area contributed by atoms with E-state index < -0.39 is 0 Å². The van der Waals surface area contributed by atoms with Crippen molar-refractivity contribution in [1.29, 1.82) is 0 Å². The molecular weight excluding hydrogens is 220 g/mol. The Labute approximate surface area is 97.6 Å². The normalized spacial score (nSPS) is 10.7. The van der Waals surface area contributed by atoms with Crippen molar-refractivity contribution in [2.45, 2.75) is 26.9 Å². The number of aromatic amines is 1. The van der Waals surface area contributed by atoms with E-state index in [0.29, 0.717) is 18.7 Å². The minimum Gasteiger partial charge on any atom is -0.333 e. The zero-order valence-electron chi connectivity index (χ0n) is 9.80. The van der Waals surface area contributed by atoms with Crippen LogP contribution in [0.25, 0.3) is 0 Å². The number of imidazole rings is 1. The summed E-state index contributed by atoms with van der Waals surface area (Å²) in [6, 6.07) is 0. The fourth-order valence-electron chi connectivity index (χ4n) is 1.64. The average Bonchev–Trinajstić information content (AvgIpc) is 2.68. The maximum atomic E-state index is 11.5. The molecule has 0 saturated heterocycles. The second-order valence-corrected chi connectivity index (χ2v) is 3.93. The topological polar surface area (TPSA) is 72.7 Å². The predicted octanol–water partition coefficient (Wildman–Crippen LogP) is 0.0501. The van der Waals surface area contributed by atoms with E-state index in [0.717, 1.165) is 5.82 Å². The molecule has 0 unspecified atom stereocenters. The molecule has 0 aliphatic rings. The lowest BCUT2D eigenvalue weighted by Crippen LogP contribution is -2.31. The predicted molar refractivity (Wildman–Crippen MR) is 63.0 cm³/mol. The summed E-state index contributed by atoms with van der Waals surface area (Å²) in [5.74, 6) is 0.902. The number of hydrogen-bond acceptors (Lipinski definition) is 3. The summed E-state index contributed by atoms with van der Waals surface area (Å²) in [6.45, 7) is 4.74. The maximum absolute atomic E-state index is 11.5. The van der Waals surface area contributed by atoms with E-state index in [1.54, 1.807) is 19.3 Å². The Morgan fingerprint density at radius 3 is 2.59 bits per heavy atom. The van der Waals surface area contributed by atoms with Crippen molar-refractivity contribution >= 4 is 0 Å². The molecule has 0 fully saturated rings. The van der Waals surface area contributed by atoms with Gasteiger partial charge in [0.25, 0.3) is 5.56 Å². The largest absolute Gasteiger partial charge is 0.333 e. The third-order valence-electron chi connectivity index (χ3n) is 2.69. The van der Waals surface area contributed by atoms with Crippen LogP contribution in [0.5, 0.6) is 0 Å². The van der Waals surface area contributed by atoms with Gasteiger partial charge in [-0.05, 0) is 13.8 Å². The van der Waals surface area contributed by atoms with Gasteiger partial charge in [-0.2, -0.15) is 0 Å². The van der Waals surface area contributed by atoms with E-state index in [1.807, 2.05) is 17.7 Å². The summed E-state index contributed by atoms with van der Waals surface area (Å²) >= 11 is 0. The van der Waals surface area contributed by atoms with Gasteiger partial charge < -0.3 is 4.57 Å². The molecule has 0 amide bonds. The van der Waals surface area contributed by atoms with Crippen LogP contribution in [-0.4, -0.2) is 19.1 Å². The lowest BCUT2D eigenvalue weighted by atomic mass is 10.4. The second-order valence-electron chi connectivity index (χ2n) is 3.93. The van der Waals surface area contributed by atoms with E-state index in [1.165, 1.54) is 4.57 Å². The molecule has 6 nitrogen and oxygen atoms in total. The van der Waals surface area contributed by atoms with Gasteiger partial charge in [0, 0.05) is 37.2 Å². The molecule has 2 aromatic rings. The highest BCUT2D eigenvalue weighted by atomic mass is 16.2. The van der Waals surface area contributed by atoms with Gasteiger partial charge in [-0.3, -0.25) is 14.3 Å². The van der Waals surface area contributed by atoms with Crippen LogP contribution in [0.2, 0.25) is 0 Å². The summed E-state index contributed by atoms with van der Waals surface area (Å²) in [7, 11) is 0. The Morgan fingerprint density at radius 2 is 1.94 bits per heavy atom. The highest BCUT2D eigenvalue weighted by Crippen LogP contribution is 1.96. The quantitative estimate of drug-likeness (QED) is 0.815. The van der Waals surface area contributed by atoms with Crippen molar-refractivity contribution < 1.29 is 0 Å². The van der Waals surface area contributed by atoms with Gasteiger partial charge in [0.1, 0.15) is 5.82 Å². The maximum Gasteiger partial charge on any atom is 0.328 e. The Kier molecular flexibility index (Phi) is 2.95.